The highest BCUT2D eigenvalue weighted by atomic mass is 35.5. The van der Waals surface area contributed by atoms with Crippen LogP contribution in [-0.2, 0) is 9.53 Å². The molecule has 0 aliphatic carbocycles. The number of nitrogens with one attached hydrogen (secondary N) is 1. The molecule has 0 radical (unpaired) electrons. The standard InChI is InChI=1S/C13H15Cl2NO3.ClH/c1-19-13(18)12(11-5-8(17)6-16-11)7-2-3-9(14)10(15)4-7;/h2-4,8,11-12,16-17H,5-6H2,1H3;1H/t8-,11+,12?;/m1./s1. The quantitative estimate of drug-likeness (QED) is 0.830. The molecule has 1 heterocycles. The molecule has 2 rings (SSSR count). The molecule has 4 nitrogen and oxygen atoms in total. The van der Waals surface area contributed by atoms with Crippen molar-refractivity contribution >= 4 is 41.6 Å². The molecule has 1 aromatic carbocycles. The lowest BCUT2D eigenvalue weighted by Gasteiger charge is -2.22. The Labute approximate surface area is 133 Å². The van der Waals surface area contributed by atoms with Crippen molar-refractivity contribution in [1.82, 2.24) is 5.32 Å². The molecule has 2 N–H and O–H groups in total. The minimum atomic E-state index is -0.503. The number of ether oxygens (including phenoxy) is 1. The van der Waals surface area contributed by atoms with Crippen LogP contribution in [0.4, 0.5) is 0 Å². The molecule has 1 aliphatic rings. The van der Waals surface area contributed by atoms with Gasteiger partial charge < -0.3 is 15.2 Å². The lowest BCUT2D eigenvalue weighted by atomic mass is 9.90. The molecule has 3 atom stereocenters. The molecule has 0 amide bonds. The van der Waals surface area contributed by atoms with Crippen molar-refractivity contribution in [3.05, 3.63) is 33.8 Å². The summed E-state index contributed by atoms with van der Waals surface area (Å²) < 4.78 is 4.85. The highest BCUT2D eigenvalue weighted by Crippen LogP contribution is 2.31. The molecule has 0 aromatic heterocycles. The molecular weight excluding hydrogens is 325 g/mol. The average molecular weight is 341 g/mol. The first-order chi connectivity index (χ1) is 9.02. The fourth-order valence-corrected chi connectivity index (χ4v) is 2.67. The highest BCUT2D eigenvalue weighted by molar-refractivity contribution is 6.42. The van der Waals surface area contributed by atoms with E-state index in [1.165, 1.54) is 7.11 Å². The van der Waals surface area contributed by atoms with Gasteiger partial charge >= 0.3 is 5.97 Å². The second-order valence-corrected chi connectivity index (χ2v) is 5.39. The summed E-state index contributed by atoms with van der Waals surface area (Å²) in [5.41, 5.74) is 0.729. The van der Waals surface area contributed by atoms with Crippen LogP contribution in [0.5, 0.6) is 0 Å². The maximum Gasteiger partial charge on any atom is 0.314 e. The van der Waals surface area contributed by atoms with Crippen LogP contribution in [0, 0.1) is 0 Å². The van der Waals surface area contributed by atoms with Gasteiger partial charge in [-0.05, 0) is 24.1 Å². The summed E-state index contributed by atoms with van der Waals surface area (Å²) in [5, 5.41) is 13.5. The zero-order valence-electron chi connectivity index (χ0n) is 10.8. The van der Waals surface area contributed by atoms with Gasteiger partial charge in [0.2, 0.25) is 0 Å². The molecule has 20 heavy (non-hydrogen) atoms. The smallest absolute Gasteiger partial charge is 0.314 e. The first-order valence-electron chi connectivity index (χ1n) is 5.97. The van der Waals surface area contributed by atoms with Gasteiger partial charge in [-0.1, -0.05) is 29.3 Å². The second kappa shape index (κ2) is 7.48. The number of hydrogen-bond donors (Lipinski definition) is 2. The first-order valence-corrected chi connectivity index (χ1v) is 6.72. The Bertz CT molecular complexity index is 484. The van der Waals surface area contributed by atoms with E-state index >= 15 is 0 Å². The van der Waals surface area contributed by atoms with Crippen molar-refractivity contribution in [1.29, 1.82) is 0 Å². The Morgan fingerprint density at radius 1 is 1.45 bits per heavy atom. The van der Waals surface area contributed by atoms with Crippen LogP contribution in [0.2, 0.25) is 10.0 Å². The number of rotatable bonds is 3. The zero-order valence-corrected chi connectivity index (χ0v) is 13.1. The number of hydrogen-bond acceptors (Lipinski definition) is 4. The van der Waals surface area contributed by atoms with E-state index in [1.54, 1.807) is 18.2 Å². The van der Waals surface area contributed by atoms with Crippen LogP contribution in [0.3, 0.4) is 0 Å². The molecule has 0 bridgehead atoms. The lowest BCUT2D eigenvalue weighted by Crippen LogP contribution is -2.34. The predicted octanol–water partition coefficient (Wildman–Crippen LogP) is 2.39. The molecule has 1 aliphatic heterocycles. The minimum absolute atomic E-state index is 0. The van der Waals surface area contributed by atoms with Crippen molar-refractivity contribution in [2.75, 3.05) is 13.7 Å². The van der Waals surface area contributed by atoms with Crippen LogP contribution in [0.15, 0.2) is 18.2 Å². The van der Waals surface area contributed by atoms with Crippen LogP contribution in [0.1, 0.15) is 17.9 Å². The molecule has 1 saturated heterocycles. The monoisotopic (exact) mass is 339 g/mol. The SMILES string of the molecule is COC(=O)C(c1ccc(Cl)c(Cl)c1)[C@@H]1C[C@@H](O)CN1.Cl. The summed E-state index contributed by atoms with van der Waals surface area (Å²) in [6.07, 6.45) is 0.0555. The predicted molar refractivity (Wildman–Crippen MR) is 80.9 cm³/mol. The van der Waals surface area contributed by atoms with Crippen molar-refractivity contribution in [2.24, 2.45) is 0 Å². The normalized spacial score (nSPS) is 23.0. The zero-order chi connectivity index (χ0) is 14.0. The van der Waals surface area contributed by atoms with Crippen LogP contribution in [-0.4, -0.2) is 36.9 Å². The third-order valence-electron chi connectivity index (χ3n) is 3.30. The number of halogens is 3. The summed E-state index contributed by atoms with van der Waals surface area (Å²) in [4.78, 5) is 12.0. The van der Waals surface area contributed by atoms with E-state index in [2.05, 4.69) is 5.32 Å². The molecule has 1 aromatic rings. The first kappa shape index (κ1) is 17.5. The van der Waals surface area contributed by atoms with Crippen molar-refractivity contribution in [3.63, 3.8) is 0 Å². The van der Waals surface area contributed by atoms with Gasteiger partial charge in [-0.2, -0.15) is 0 Å². The Morgan fingerprint density at radius 2 is 2.15 bits per heavy atom. The van der Waals surface area contributed by atoms with Gasteiger partial charge in [0.05, 0.1) is 29.2 Å². The summed E-state index contributed by atoms with van der Waals surface area (Å²) >= 11 is 11.9. The molecule has 7 heteroatoms. The molecular formula is C13H16Cl3NO3. The van der Waals surface area contributed by atoms with Crippen LogP contribution >= 0.6 is 35.6 Å². The number of methoxy groups -OCH3 is 1. The number of carbonyl (C=O) groups excluding carboxylic acids is 1. The largest absolute Gasteiger partial charge is 0.469 e. The summed E-state index contributed by atoms with van der Waals surface area (Å²) in [5.74, 6) is -0.859. The third-order valence-corrected chi connectivity index (χ3v) is 4.04. The van der Waals surface area contributed by atoms with Crippen molar-refractivity contribution in [3.8, 4) is 0 Å². The van der Waals surface area contributed by atoms with E-state index in [1.807, 2.05) is 0 Å². The van der Waals surface area contributed by atoms with Gasteiger partial charge in [-0.3, -0.25) is 4.79 Å². The summed E-state index contributed by atoms with van der Waals surface area (Å²) in [6.45, 7) is 0.472. The molecule has 0 spiro atoms. The topological polar surface area (TPSA) is 58.6 Å². The Morgan fingerprint density at radius 3 is 2.65 bits per heavy atom. The van der Waals surface area contributed by atoms with Crippen LogP contribution < -0.4 is 5.32 Å². The van der Waals surface area contributed by atoms with E-state index in [0.29, 0.717) is 23.0 Å². The van der Waals surface area contributed by atoms with Gasteiger partial charge in [0.15, 0.2) is 0 Å². The van der Waals surface area contributed by atoms with Gasteiger partial charge in [-0.25, -0.2) is 0 Å². The number of β-amino-alcohol motifs (C(OH)–C–C–N with tert-alkyl or cyclic N) is 1. The highest BCUT2D eigenvalue weighted by Gasteiger charge is 2.36. The van der Waals surface area contributed by atoms with E-state index in [-0.39, 0.29) is 24.4 Å². The van der Waals surface area contributed by atoms with E-state index in [0.717, 1.165) is 5.56 Å². The van der Waals surface area contributed by atoms with Crippen molar-refractivity contribution in [2.45, 2.75) is 24.5 Å². The lowest BCUT2D eigenvalue weighted by molar-refractivity contribution is -0.143. The molecule has 0 saturated carbocycles. The fourth-order valence-electron chi connectivity index (χ4n) is 2.37. The maximum absolute atomic E-state index is 12.0. The third kappa shape index (κ3) is 3.77. The van der Waals surface area contributed by atoms with E-state index < -0.39 is 12.0 Å². The summed E-state index contributed by atoms with van der Waals surface area (Å²) in [6, 6.07) is 4.90. The molecule has 112 valence electrons. The number of carbonyl (C=O) groups is 1. The molecule has 1 fully saturated rings. The number of aliphatic hydroxyl groups excluding tert-OH is 1. The fraction of sp³-hybridized carbons (Fsp3) is 0.462. The van der Waals surface area contributed by atoms with Gasteiger partial charge in [0.1, 0.15) is 0 Å². The van der Waals surface area contributed by atoms with E-state index in [9.17, 15) is 9.90 Å². The minimum Gasteiger partial charge on any atom is -0.469 e. The maximum atomic E-state index is 12.0. The number of esters is 1. The molecule has 1 unspecified atom stereocenters. The Hall–Kier alpha value is -0.520. The summed E-state index contributed by atoms with van der Waals surface area (Å²) in [7, 11) is 1.35. The number of benzene rings is 1. The van der Waals surface area contributed by atoms with Gasteiger partial charge in [0, 0.05) is 12.6 Å². The average Bonchev–Trinajstić information content (AvgIpc) is 2.80. The second-order valence-electron chi connectivity index (χ2n) is 4.58. The van der Waals surface area contributed by atoms with Gasteiger partial charge in [-0.15, -0.1) is 12.4 Å². The van der Waals surface area contributed by atoms with Gasteiger partial charge in [0.25, 0.3) is 0 Å². The Kier molecular flexibility index (Phi) is 6.55. The number of aliphatic hydroxyl groups is 1. The Balaban J connectivity index is 0.00000200. The van der Waals surface area contributed by atoms with E-state index in [4.69, 9.17) is 27.9 Å². The van der Waals surface area contributed by atoms with Crippen molar-refractivity contribution < 1.29 is 14.6 Å². The van der Waals surface area contributed by atoms with Crippen LogP contribution in [0.25, 0.3) is 0 Å².